The maximum absolute atomic E-state index is 6.26. The van der Waals surface area contributed by atoms with E-state index in [2.05, 4.69) is 54.0 Å². The van der Waals surface area contributed by atoms with Crippen LogP contribution in [0.3, 0.4) is 0 Å². The lowest BCUT2D eigenvalue weighted by Crippen LogP contribution is -2.63. The van der Waals surface area contributed by atoms with Gasteiger partial charge in [0.05, 0.1) is 0 Å². The third-order valence-electron chi connectivity index (χ3n) is 5.67. The third-order valence-corrected chi connectivity index (χ3v) is 5.67. The van der Waals surface area contributed by atoms with Crippen molar-refractivity contribution >= 4 is 5.69 Å². The molecule has 0 aliphatic carbocycles. The van der Waals surface area contributed by atoms with E-state index in [-0.39, 0.29) is 5.54 Å². The van der Waals surface area contributed by atoms with E-state index in [1.54, 1.807) is 0 Å². The number of para-hydroxylation sites is 1. The van der Waals surface area contributed by atoms with Crippen LogP contribution >= 0.6 is 0 Å². The number of benzene rings is 1. The minimum absolute atomic E-state index is 0.214. The second-order valence-electron chi connectivity index (χ2n) is 7.32. The number of rotatable bonds is 3. The number of hydrogen-bond acceptors (Lipinski definition) is 3. The van der Waals surface area contributed by atoms with Crippen molar-refractivity contribution < 1.29 is 0 Å². The fraction of sp³-hybridized carbons (Fsp3) is 0.667. The van der Waals surface area contributed by atoms with Crippen molar-refractivity contribution in [3.8, 4) is 0 Å². The van der Waals surface area contributed by atoms with E-state index in [0.717, 1.165) is 19.6 Å². The van der Waals surface area contributed by atoms with Gasteiger partial charge in [0.1, 0.15) is 0 Å². The monoisotopic (exact) mass is 287 g/mol. The number of nitrogens with two attached hydrogens (primary N) is 1. The number of hydrogen-bond donors (Lipinski definition) is 1. The van der Waals surface area contributed by atoms with Crippen LogP contribution in [0, 0.1) is 0 Å². The first-order valence-corrected chi connectivity index (χ1v) is 8.35. The molecule has 0 aromatic heterocycles. The lowest BCUT2D eigenvalue weighted by atomic mass is 9.82. The molecule has 0 radical (unpaired) electrons. The van der Waals surface area contributed by atoms with Gasteiger partial charge in [0.25, 0.3) is 0 Å². The van der Waals surface area contributed by atoms with Gasteiger partial charge in [-0.05, 0) is 58.2 Å². The van der Waals surface area contributed by atoms with Crippen molar-refractivity contribution in [2.45, 2.75) is 50.6 Å². The van der Waals surface area contributed by atoms with Crippen LogP contribution in [0.25, 0.3) is 0 Å². The van der Waals surface area contributed by atoms with Crippen LogP contribution in [0.5, 0.6) is 0 Å². The summed E-state index contributed by atoms with van der Waals surface area (Å²) in [4.78, 5) is 5.24. The van der Waals surface area contributed by atoms with Crippen LogP contribution in [-0.2, 0) is 0 Å². The summed E-state index contributed by atoms with van der Waals surface area (Å²) in [7, 11) is 0. The number of piperidine rings is 1. The molecule has 3 nitrogen and oxygen atoms in total. The highest BCUT2D eigenvalue weighted by Gasteiger charge is 2.47. The molecule has 0 spiro atoms. The van der Waals surface area contributed by atoms with Crippen LogP contribution in [0.4, 0.5) is 5.69 Å². The van der Waals surface area contributed by atoms with Gasteiger partial charge in [-0.2, -0.15) is 0 Å². The molecule has 116 valence electrons. The Morgan fingerprint density at radius 1 is 1.00 bits per heavy atom. The Balaban J connectivity index is 1.73. The molecule has 2 N–H and O–H groups in total. The zero-order valence-corrected chi connectivity index (χ0v) is 13.5. The lowest BCUT2D eigenvalue weighted by Gasteiger charge is -2.52. The number of likely N-dealkylation sites (tertiary alicyclic amines) is 1. The minimum atomic E-state index is 0.214. The van der Waals surface area contributed by atoms with Crippen LogP contribution < -0.4 is 10.6 Å². The van der Waals surface area contributed by atoms with E-state index in [9.17, 15) is 0 Å². The summed E-state index contributed by atoms with van der Waals surface area (Å²) in [5.74, 6) is 0. The van der Waals surface area contributed by atoms with Gasteiger partial charge < -0.3 is 10.6 Å². The third kappa shape index (κ3) is 2.69. The van der Waals surface area contributed by atoms with E-state index in [0.29, 0.717) is 5.54 Å². The fourth-order valence-electron chi connectivity index (χ4n) is 4.39. The molecular weight excluding hydrogens is 258 g/mol. The standard InChI is InChI=1S/C18H29N3/c1-17(2)9-6-12-21(17)18(15-19)10-13-20(14-11-18)16-7-4-3-5-8-16/h3-5,7-8H,6,9-15,19H2,1-2H3. The maximum Gasteiger partial charge on any atom is 0.0370 e. The molecule has 1 aromatic carbocycles. The molecule has 2 fully saturated rings. The highest BCUT2D eigenvalue weighted by molar-refractivity contribution is 5.46. The molecule has 2 aliphatic heterocycles. The van der Waals surface area contributed by atoms with Gasteiger partial charge in [0, 0.05) is 36.4 Å². The first-order valence-electron chi connectivity index (χ1n) is 8.35. The van der Waals surface area contributed by atoms with Crippen molar-refractivity contribution in [3.05, 3.63) is 30.3 Å². The van der Waals surface area contributed by atoms with E-state index in [1.807, 2.05) is 0 Å². The average Bonchev–Trinajstić information content (AvgIpc) is 2.88. The Hall–Kier alpha value is -1.06. The van der Waals surface area contributed by atoms with Gasteiger partial charge in [-0.15, -0.1) is 0 Å². The molecule has 0 bridgehead atoms. The predicted molar refractivity (Wildman–Crippen MR) is 89.7 cm³/mol. The SMILES string of the molecule is CC1(C)CCCN1C1(CN)CCN(c2ccccc2)CC1. The van der Waals surface area contributed by atoms with E-state index in [1.165, 1.54) is 37.9 Å². The smallest absolute Gasteiger partial charge is 0.0370 e. The second-order valence-corrected chi connectivity index (χ2v) is 7.32. The van der Waals surface area contributed by atoms with E-state index in [4.69, 9.17) is 5.73 Å². The van der Waals surface area contributed by atoms with Gasteiger partial charge in [-0.25, -0.2) is 0 Å². The lowest BCUT2D eigenvalue weighted by molar-refractivity contribution is 0.0169. The molecule has 0 atom stereocenters. The zero-order chi connectivity index (χ0) is 14.9. The van der Waals surface area contributed by atoms with Crippen LogP contribution in [-0.4, -0.2) is 42.2 Å². The number of nitrogens with zero attached hydrogens (tertiary/aromatic N) is 2. The quantitative estimate of drug-likeness (QED) is 0.928. The Kier molecular flexibility index (Phi) is 3.98. The molecule has 3 rings (SSSR count). The normalized spacial score (nSPS) is 25.2. The molecule has 2 saturated heterocycles. The summed E-state index contributed by atoms with van der Waals surface area (Å²) in [6.07, 6.45) is 4.98. The largest absolute Gasteiger partial charge is 0.371 e. The maximum atomic E-state index is 6.26. The highest BCUT2D eigenvalue weighted by Crippen LogP contribution is 2.40. The minimum Gasteiger partial charge on any atom is -0.371 e. The van der Waals surface area contributed by atoms with Crippen LogP contribution in [0.1, 0.15) is 39.5 Å². The number of anilines is 1. The molecule has 3 heteroatoms. The van der Waals surface area contributed by atoms with Gasteiger partial charge in [-0.3, -0.25) is 4.90 Å². The van der Waals surface area contributed by atoms with Crippen molar-refractivity contribution in [2.24, 2.45) is 5.73 Å². The Morgan fingerprint density at radius 2 is 1.67 bits per heavy atom. The first kappa shape index (κ1) is 14.9. The van der Waals surface area contributed by atoms with Crippen molar-refractivity contribution in [3.63, 3.8) is 0 Å². The first-order chi connectivity index (χ1) is 10.1. The summed E-state index contributed by atoms with van der Waals surface area (Å²) in [5.41, 5.74) is 8.14. The molecule has 0 amide bonds. The summed E-state index contributed by atoms with van der Waals surface area (Å²) >= 11 is 0. The average molecular weight is 287 g/mol. The molecule has 1 aromatic rings. The van der Waals surface area contributed by atoms with Gasteiger partial charge in [0.2, 0.25) is 0 Å². The van der Waals surface area contributed by atoms with Crippen molar-refractivity contribution in [1.29, 1.82) is 0 Å². The molecule has 0 unspecified atom stereocenters. The van der Waals surface area contributed by atoms with Crippen LogP contribution in [0.15, 0.2) is 30.3 Å². The van der Waals surface area contributed by atoms with Gasteiger partial charge in [-0.1, -0.05) is 18.2 Å². The molecule has 0 saturated carbocycles. The Morgan fingerprint density at radius 3 is 2.19 bits per heavy atom. The van der Waals surface area contributed by atoms with Gasteiger partial charge >= 0.3 is 0 Å². The summed E-state index contributed by atoms with van der Waals surface area (Å²) in [6.45, 7) is 9.03. The predicted octanol–water partition coefficient (Wildman–Crippen LogP) is 2.86. The van der Waals surface area contributed by atoms with E-state index >= 15 is 0 Å². The van der Waals surface area contributed by atoms with Crippen LogP contribution in [0.2, 0.25) is 0 Å². The zero-order valence-electron chi connectivity index (χ0n) is 13.5. The fourth-order valence-corrected chi connectivity index (χ4v) is 4.39. The van der Waals surface area contributed by atoms with Gasteiger partial charge in [0.15, 0.2) is 0 Å². The summed E-state index contributed by atoms with van der Waals surface area (Å²) in [5, 5.41) is 0. The van der Waals surface area contributed by atoms with Crippen molar-refractivity contribution in [2.75, 3.05) is 31.1 Å². The summed E-state index contributed by atoms with van der Waals surface area (Å²) < 4.78 is 0. The Bertz CT molecular complexity index is 461. The van der Waals surface area contributed by atoms with E-state index < -0.39 is 0 Å². The molecule has 21 heavy (non-hydrogen) atoms. The summed E-state index contributed by atoms with van der Waals surface area (Å²) in [6, 6.07) is 10.8. The molecule has 2 heterocycles. The topological polar surface area (TPSA) is 32.5 Å². The highest BCUT2D eigenvalue weighted by atomic mass is 15.3. The van der Waals surface area contributed by atoms with Crippen molar-refractivity contribution in [1.82, 2.24) is 4.90 Å². The molecular formula is C18H29N3. The Labute approximate surface area is 129 Å². The second kappa shape index (κ2) is 5.62. The molecule has 2 aliphatic rings.